The summed E-state index contributed by atoms with van der Waals surface area (Å²) in [6.07, 6.45) is 0. The minimum atomic E-state index is 0. The van der Waals surface area contributed by atoms with Crippen molar-refractivity contribution >= 4 is 33.6 Å². The van der Waals surface area contributed by atoms with Crippen LogP contribution in [0.5, 0.6) is 0 Å². The van der Waals surface area contributed by atoms with Crippen LogP contribution in [-0.2, 0) is 0 Å². The molecule has 0 radical (unpaired) electrons. The number of nitrogens with one attached hydrogen (secondary N) is 1. The smallest absolute Gasteiger partial charge is 0.196 e. The lowest BCUT2D eigenvalue weighted by Gasteiger charge is -2.32. The number of nitrogens with zero attached hydrogens (tertiary/aromatic N) is 3. The maximum atomic E-state index is 6.27. The van der Waals surface area contributed by atoms with Crippen LogP contribution in [-0.4, -0.2) is 36.1 Å². The molecule has 6 heteroatoms. The molecule has 0 aliphatic carbocycles. The fraction of sp³-hybridized carbons (Fsp3) is 0.154. The SMILES string of the molecule is [Cl-].c1ccc(-c2nc(N3CC[NH+](c4ccccc4)CC3)c3oc4ccccc4c3n2)cc1. The highest BCUT2D eigenvalue weighted by molar-refractivity contribution is 6.06. The lowest BCUT2D eigenvalue weighted by Crippen LogP contribution is -3.10. The summed E-state index contributed by atoms with van der Waals surface area (Å²) in [6.45, 7) is 3.88. The number of quaternary nitrogens is 1. The van der Waals surface area contributed by atoms with Gasteiger partial charge in [-0.3, -0.25) is 4.90 Å². The van der Waals surface area contributed by atoms with Gasteiger partial charge in [0.1, 0.15) is 16.8 Å². The number of hydrogen-bond donors (Lipinski definition) is 1. The molecule has 1 fully saturated rings. The summed E-state index contributed by atoms with van der Waals surface area (Å²) in [4.78, 5) is 13.8. The Kier molecular flexibility index (Phi) is 5.52. The molecular weight excluding hydrogens is 420 g/mol. The number of fused-ring (bicyclic) bond motifs is 3. The lowest BCUT2D eigenvalue weighted by atomic mass is 10.2. The first-order valence-corrected chi connectivity index (χ1v) is 10.8. The molecule has 2 aromatic heterocycles. The van der Waals surface area contributed by atoms with Crippen molar-refractivity contribution in [1.82, 2.24) is 9.97 Å². The van der Waals surface area contributed by atoms with E-state index in [1.165, 1.54) is 10.6 Å². The molecule has 5 nitrogen and oxygen atoms in total. The van der Waals surface area contributed by atoms with Crippen molar-refractivity contribution in [2.24, 2.45) is 0 Å². The number of rotatable bonds is 3. The van der Waals surface area contributed by atoms with Gasteiger partial charge < -0.3 is 21.7 Å². The number of aromatic nitrogens is 2. The predicted molar refractivity (Wildman–Crippen MR) is 124 cm³/mol. The van der Waals surface area contributed by atoms with Gasteiger partial charge in [0.2, 0.25) is 0 Å². The van der Waals surface area contributed by atoms with Crippen molar-refractivity contribution in [2.45, 2.75) is 0 Å². The molecule has 5 aromatic rings. The average Bonchev–Trinajstić information content (AvgIpc) is 3.23. The highest BCUT2D eigenvalue weighted by Gasteiger charge is 2.26. The first-order chi connectivity index (χ1) is 15.4. The summed E-state index contributed by atoms with van der Waals surface area (Å²) >= 11 is 0. The Balaban J connectivity index is 0.00000216. The molecule has 0 atom stereocenters. The Morgan fingerprint density at radius 3 is 2.16 bits per heavy atom. The second-order valence-electron chi connectivity index (χ2n) is 7.97. The van der Waals surface area contributed by atoms with E-state index < -0.39 is 0 Å². The van der Waals surface area contributed by atoms with Crippen LogP contribution in [0.1, 0.15) is 0 Å². The van der Waals surface area contributed by atoms with Crippen LogP contribution in [0.25, 0.3) is 33.5 Å². The highest BCUT2D eigenvalue weighted by atomic mass is 35.5. The van der Waals surface area contributed by atoms with E-state index in [0.29, 0.717) is 0 Å². The monoisotopic (exact) mass is 442 g/mol. The van der Waals surface area contributed by atoms with Crippen molar-refractivity contribution in [3.05, 3.63) is 84.9 Å². The topological polar surface area (TPSA) is 46.6 Å². The molecule has 0 spiro atoms. The molecular formula is C26H23ClN4O. The van der Waals surface area contributed by atoms with Crippen molar-refractivity contribution in [2.75, 3.05) is 31.1 Å². The van der Waals surface area contributed by atoms with Crippen LogP contribution < -0.4 is 22.2 Å². The van der Waals surface area contributed by atoms with Gasteiger partial charge in [-0.15, -0.1) is 0 Å². The maximum Gasteiger partial charge on any atom is 0.196 e. The number of anilines is 1. The van der Waals surface area contributed by atoms with E-state index in [4.69, 9.17) is 14.4 Å². The van der Waals surface area contributed by atoms with E-state index >= 15 is 0 Å². The van der Waals surface area contributed by atoms with Gasteiger partial charge in [-0.1, -0.05) is 60.7 Å². The third-order valence-electron chi connectivity index (χ3n) is 6.08. The molecule has 0 amide bonds. The Hall–Kier alpha value is -3.41. The van der Waals surface area contributed by atoms with Crippen LogP contribution in [0.2, 0.25) is 0 Å². The summed E-state index contributed by atoms with van der Waals surface area (Å²) in [5, 5.41) is 1.03. The van der Waals surface area contributed by atoms with Crippen molar-refractivity contribution in [1.29, 1.82) is 0 Å². The number of para-hydroxylation sites is 2. The minimum Gasteiger partial charge on any atom is -1.00 e. The summed E-state index contributed by atoms with van der Waals surface area (Å²) < 4.78 is 6.27. The summed E-state index contributed by atoms with van der Waals surface area (Å²) in [5.74, 6) is 1.64. The van der Waals surface area contributed by atoms with Crippen LogP contribution >= 0.6 is 0 Å². The van der Waals surface area contributed by atoms with Gasteiger partial charge in [-0.05, 0) is 24.3 Å². The molecule has 3 heterocycles. The van der Waals surface area contributed by atoms with Crippen LogP contribution in [0, 0.1) is 0 Å². The number of halogens is 1. The van der Waals surface area contributed by atoms with Gasteiger partial charge in [0.05, 0.1) is 26.2 Å². The zero-order chi connectivity index (χ0) is 20.6. The quantitative estimate of drug-likeness (QED) is 0.454. The highest BCUT2D eigenvalue weighted by Crippen LogP contribution is 2.34. The average molecular weight is 443 g/mol. The number of furan rings is 1. The lowest BCUT2D eigenvalue weighted by molar-refractivity contribution is -0.833. The summed E-state index contributed by atoms with van der Waals surface area (Å²) in [5.41, 5.74) is 4.89. The number of benzene rings is 3. The van der Waals surface area contributed by atoms with Crippen molar-refractivity contribution < 1.29 is 21.7 Å². The first kappa shape index (κ1) is 20.5. The standard InChI is InChI=1S/C26H22N4O.ClH/c1-3-9-19(10-4-1)25-27-23-21-13-7-8-14-22(21)31-24(23)26(28-25)30-17-15-29(16-18-30)20-11-5-2-6-12-20;/h1-14H,15-18H2;1H. The second-order valence-corrected chi connectivity index (χ2v) is 7.97. The molecule has 0 unspecified atom stereocenters. The van der Waals surface area contributed by atoms with E-state index in [1.54, 1.807) is 0 Å². The largest absolute Gasteiger partial charge is 1.00 e. The second kappa shape index (κ2) is 8.61. The van der Waals surface area contributed by atoms with Gasteiger partial charge in [0, 0.05) is 10.9 Å². The molecule has 0 saturated carbocycles. The zero-order valence-corrected chi connectivity index (χ0v) is 18.3. The molecule has 0 bridgehead atoms. The van der Waals surface area contributed by atoms with Crippen LogP contribution in [0.3, 0.4) is 0 Å². The summed E-state index contributed by atoms with van der Waals surface area (Å²) in [6, 6.07) is 29.0. The molecule has 1 saturated heterocycles. The van der Waals surface area contributed by atoms with Gasteiger partial charge in [0.25, 0.3) is 0 Å². The molecule has 3 aromatic carbocycles. The van der Waals surface area contributed by atoms with E-state index in [2.05, 4.69) is 53.4 Å². The molecule has 6 rings (SSSR count). The van der Waals surface area contributed by atoms with Gasteiger partial charge in [0.15, 0.2) is 17.2 Å². The van der Waals surface area contributed by atoms with Gasteiger partial charge >= 0.3 is 0 Å². The predicted octanol–water partition coefficient (Wildman–Crippen LogP) is 1.08. The van der Waals surface area contributed by atoms with Gasteiger partial charge in [-0.2, -0.15) is 0 Å². The van der Waals surface area contributed by atoms with E-state index in [0.717, 1.165) is 65.5 Å². The zero-order valence-electron chi connectivity index (χ0n) is 17.5. The van der Waals surface area contributed by atoms with E-state index in [9.17, 15) is 0 Å². The Morgan fingerprint density at radius 1 is 0.750 bits per heavy atom. The fourth-order valence-electron chi connectivity index (χ4n) is 4.46. The Morgan fingerprint density at radius 2 is 1.41 bits per heavy atom. The third-order valence-corrected chi connectivity index (χ3v) is 6.08. The van der Waals surface area contributed by atoms with Crippen molar-refractivity contribution in [3.8, 4) is 11.4 Å². The first-order valence-electron chi connectivity index (χ1n) is 10.8. The number of hydrogen-bond acceptors (Lipinski definition) is 4. The fourth-order valence-corrected chi connectivity index (χ4v) is 4.46. The normalized spacial score (nSPS) is 14.6. The molecule has 1 aliphatic heterocycles. The van der Waals surface area contributed by atoms with E-state index in [1.807, 2.05) is 36.4 Å². The van der Waals surface area contributed by atoms with Crippen LogP contribution in [0.4, 0.5) is 11.5 Å². The molecule has 1 N–H and O–H groups in total. The van der Waals surface area contributed by atoms with Crippen LogP contribution in [0.15, 0.2) is 89.3 Å². The Labute approximate surface area is 192 Å². The van der Waals surface area contributed by atoms with E-state index in [-0.39, 0.29) is 12.4 Å². The Bertz CT molecular complexity index is 1350. The molecule has 1 aliphatic rings. The number of piperazine rings is 1. The summed E-state index contributed by atoms with van der Waals surface area (Å²) in [7, 11) is 0. The third kappa shape index (κ3) is 3.60. The molecule has 32 heavy (non-hydrogen) atoms. The maximum absolute atomic E-state index is 6.27. The van der Waals surface area contributed by atoms with Gasteiger partial charge in [-0.25, -0.2) is 9.97 Å². The minimum absolute atomic E-state index is 0. The van der Waals surface area contributed by atoms with Crippen molar-refractivity contribution in [3.63, 3.8) is 0 Å². The molecule has 160 valence electrons.